The third-order valence-corrected chi connectivity index (χ3v) is 2.90. The van der Waals surface area contributed by atoms with Crippen LogP contribution in [0.3, 0.4) is 0 Å². The summed E-state index contributed by atoms with van der Waals surface area (Å²) in [4.78, 5) is 15.5. The van der Waals surface area contributed by atoms with Crippen LogP contribution in [-0.2, 0) is 4.79 Å². The molecule has 1 amide bonds. The van der Waals surface area contributed by atoms with Gasteiger partial charge in [-0.15, -0.1) is 11.3 Å². The molecule has 0 radical (unpaired) electrons. The maximum atomic E-state index is 12.2. The summed E-state index contributed by atoms with van der Waals surface area (Å²) in [5.74, 6) is -0.382. The SMILES string of the molecule is O=C(/C=C/c1ccccc1OC(F)F)Nc1nccs1. The van der Waals surface area contributed by atoms with Crippen molar-refractivity contribution in [1.82, 2.24) is 4.98 Å². The Kier molecular flexibility index (Phi) is 4.78. The monoisotopic (exact) mass is 296 g/mol. The van der Waals surface area contributed by atoms with Gasteiger partial charge in [-0.05, 0) is 12.1 Å². The van der Waals surface area contributed by atoms with Crippen LogP contribution in [0.1, 0.15) is 5.56 Å². The molecular formula is C13H10F2N2O2S. The predicted octanol–water partition coefficient (Wildman–Crippen LogP) is 3.40. The molecule has 4 nitrogen and oxygen atoms in total. The highest BCUT2D eigenvalue weighted by Crippen LogP contribution is 2.21. The Morgan fingerprint density at radius 1 is 1.40 bits per heavy atom. The van der Waals surface area contributed by atoms with E-state index in [0.29, 0.717) is 10.7 Å². The number of anilines is 1. The second kappa shape index (κ2) is 6.76. The van der Waals surface area contributed by atoms with E-state index in [1.807, 2.05) is 0 Å². The number of para-hydroxylation sites is 1. The molecular weight excluding hydrogens is 286 g/mol. The number of aromatic nitrogens is 1. The van der Waals surface area contributed by atoms with Crippen molar-refractivity contribution in [2.75, 3.05) is 5.32 Å². The fourth-order valence-electron chi connectivity index (χ4n) is 1.42. The van der Waals surface area contributed by atoms with Crippen molar-refractivity contribution in [3.05, 3.63) is 47.5 Å². The summed E-state index contributed by atoms with van der Waals surface area (Å²) in [6, 6.07) is 6.22. The summed E-state index contributed by atoms with van der Waals surface area (Å²) in [7, 11) is 0. The average Bonchev–Trinajstić information content (AvgIpc) is 2.90. The van der Waals surface area contributed by atoms with Crippen LogP contribution in [0.25, 0.3) is 6.08 Å². The van der Waals surface area contributed by atoms with Gasteiger partial charge >= 0.3 is 6.61 Å². The van der Waals surface area contributed by atoms with Gasteiger partial charge in [-0.25, -0.2) is 4.98 Å². The third-order valence-electron chi connectivity index (χ3n) is 2.21. The van der Waals surface area contributed by atoms with Gasteiger partial charge < -0.3 is 4.74 Å². The Hall–Kier alpha value is -2.28. The summed E-state index contributed by atoms with van der Waals surface area (Å²) >= 11 is 1.28. The van der Waals surface area contributed by atoms with Crippen molar-refractivity contribution in [3.8, 4) is 5.75 Å². The van der Waals surface area contributed by atoms with Gasteiger partial charge in [-0.3, -0.25) is 10.1 Å². The van der Waals surface area contributed by atoms with E-state index < -0.39 is 12.5 Å². The number of hydrogen-bond donors (Lipinski definition) is 1. The molecule has 1 aromatic heterocycles. The zero-order valence-corrected chi connectivity index (χ0v) is 10.9. The van der Waals surface area contributed by atoms with Crippen LogP contribution >= 0.6 is 11.3 Å². The van der Waals surface area contributed by atoms with Crippen molar-refractivity contribution in [2.24, 2.45) is 0 Å². The third kappa shape index (κ3) is 4.13. The summed E-state index contributed by atoms with van der Waals surface area (Å²) < 4.78 is 28.8. The van der Waals surface area contributed by atoms with E-state index in [1.54, 1.807) is 29.8 Å². The number of halogens is 2. The van der Waals surface area contributed by atoms with Crippen molar-refractivity contribution < 1.29 is 18.3 Å². The molecule has 7 heteroatoms. The summed E-state index contributed by atoms with van der Waals surface area (Å²) in [5, 5.41) is 4.74. The lowest BCUT2D eigenvalue weighted by atomic mass is 10.2. The molecule has 20 heavy (non-hydrogen) atoms. The molecule has 0 aliphatic carbocycles. The highest BCUT2D eigenvalue weighted by molar-refractivity contribution is 7.13. The maximum Gasteiger partial charge on any atom is 0.387 e. The largest absolute Gasteiger partial charge is 0.434 e. The lowest BCUT2D eigenvalue weighted by molar-refractivity contribution is -0.111. The molecule has 2 rings (SSSR count). The van der Waals surface area contributed by atoms with Gasteiger partial charge in [0.15, 0.2) is 5.13 Å². The number of thiazole rings is 1. The molecule has 0 fully saturated rings. The Labute approximate surface area is 117 Å². The molecule has 0 atom stereocenters. The fourth-order valence-corrected chi connectivity index (χ4v) is 1.95. The average molecular weight is 296 g/mol. The number of rotatable bonds is 5. The molecule has 1 heterocycles. The van der Waals surface area contributed by atoms with Crippen LogP contribution in [0.2, 0.25) is 0 Å². The molecule has 0 bridgehead atoms. The summed E-state index contributed by atoms with van der Waals surface area (Å²) in [6.07, 6.45) is 4.20. The van der Waals surface area contributed by atoms with Gasteiger partial charge in [0.1, 0.15) is 5.75 Å². The second-order valence-corrected chi connectivity index (χ2v) is 4.47. The number of amides is 1. The number of nitrogens with zero attached hydrogens (tertiary/aromatic N) is 1. The number of ether oxygens (including phenoxy) is 1. The van der Waals surface area contributed by atoms with Gasteiger partial charge in [0.25, 0.3) is 0 Å². The van der Waals surface area contributed by atoms with Crippen LogP contribution < -0.4 is 10.1 Å². The van der Waals surface area contributed by atoms with E-state index in [2.05, 4.69) is 15.0 Å². The van der Waals surface area contributed by atoms with Crippen molar-refractivity contribution in [3.63, 3.8) is 0 Å². The zero-order chi connectivity index (χ0) is 14.4. The standard InChI is InChI=1S/C13H10F2N2O2S/c14-12(15)19-10-4-2-1-3-9(10)5-6-11(18)17-13-16-7-8-20-13/h1-8,12H,(H,16,17,18)/b6-5+. The van der Waals surface area contributed by atoms with Crippen LogP contribution in [0.15, 0.2) is 41.9 Å². The van der Waals surface area contributed by atoms with Gasteiger partial charge in [-0.1, -0.05) is 18.2 Å². The first-order chi connectivity index (χ1) is 9.65. The molecule has 0 unspecified atom stereocenters. The van der Waals surface area contributed by atoms with E-state index >= 15 is 0 Å². The quantitative estimate of drug-likeness (QED) is 0.860. The Bertz CT molecular complexity index is 600. The first-order valence-electron chi connectivity index (χ1n) is 5.57. The molecule has 0 saturated heterocycles. The van der Waals surface area contributed by atoms with Gasteiger partial charge in [0, 0.05) is 23.2 Å². The minimum absolute atomic E-state index is 0.0146. The molecule has 1 aromatic carbocycles. The van der Waals surface area contributed by atoms with Crippen LogP contribution in [0.4, 0.5) is 13.9 Å². The van der Waals surface area contributed by atoms with E-state index in [9.17, 15) is 13.6 Å². The minimum atomic E-state index is -2.91. The first-order valence-corrected chi connectivity index (χ1v) is 6.45. The smallest absolute Gasteiger partial charge is 0.387 e. The molecule has 2 aromatic rings. The van der Waals surface area contributed by atoms with E-state index in [-0.39, 0.29) is 5.75 Å². The summed E-state index contributed by atoms with van der Waals surface area (Å²) in [5.41, 5.74) is 0.391. The van der Waals surface area contributed by atoms with Gasteiger partial charge in [0.2, 0.25) is 5.91 Å². The normalized spacial score (nSPS) is 10.9. The van der Waals surface area contributed by atoms with E-state index in [1.165, 1.54) is 29.6 Å². The Morgan fingerprint density at radius 3 is 2.90 bits per heavy atom. The topological polar surface area (TPSA) is 51.2 Å². The predicted molar refractivity (Wildman–Crippen MR) is 72.9 cm³/mol. The maximum absolute atomic E-state index is 12.2. The molecule has 1 N–H and O–H groups in total. The highest BCUT2D eigenvalue weighted by atomic mass is 32.1. The number of carbonyl (C=O) groups is 1. The van der Waals surface area contributed by atoms with E-state index in [0.717, 1.165) is 0 Å². The lowest BCUT2D eigenvalue weighted by Gasteiger charge is -2.07. The molecule has 0 aliphatic rings. The van der Waals surface area contributed by atoms with E-state index in [4.69, 9.17) is 0 Å². The second-order valence-electron chi connectivity index (χ2n) is 3.58. The van der Waals surface area contributed by atoms with Crippen molar-refractivity contribution in [2.45, 2.75) is 6.61 Å². The van der Waals surface area contributed by atoms with Crippen LogP contribution in [0.5, 0.6) is 5.75 Å². The fraction of sp³-hybridized carbons (Fsp3) is 0.0769. The first kappa shape index (κ1) is 14.1. The molecule has 0 aliphatic heterocycles. The number of benzene rings is 1. The van der Waals surface area contributed by atoms with Crippen molar-refractivity contribution >= 4 is 28.5 Å². The van der Waals surface area contributed by atoms with Crippen molar-refractivity contribution in [1.29, 1.82) is 0 Å². The number of alkyl halides is 2. The Morgan fingerprint density at radius 2 is 2.20 bits per heavy atom. The Balaban J connectivity index is 2.05. The highest BCUT2D eigenvalue weighted by Gasteiger charge is 2.07. The summed E-state index contributed by atoms with van der Waals surface area (Å²) in [6.45, 7) is -2.91. The van der Waals surface area contributed by atoms with Gasteiger partial charge in [0.05, 0.1) is 0 Å². The number of hydrogen-bond acceptors (Lipinski definition) is 4. The van der Waals surface area contributed by atoms with Gasteiger partial charge in [-0.2, -0.15) is 8.78 Å². The molecule has 104 valence electrons. The number of nitrogens with one attached hydrogen (secondary N) is 1. The molecule has 0 saturated carbocycles. The molecule has 0 spiro atoms. The lowest BCUT2D eigenvalue weighted by Crippen LogP contribution is -2.07. The minimum Gasteiger partial charge on any atom is -0.434 e. The van der Waals surface area contributed by atoms with Crippen LogP contribution in [-0.4, -0.2) is 17.5 Å². The number of carbonyl (C=O) groups excluding carboxylic acids is 1. The zero-order valence-electron chi connectivity index (χ0n) is 10.1. The van der Waals surface area contributed by atoms with Crippen LogP contribution in [0, 0.1) is 0 Å².